The first-order chi connectivity index (χ1) is 4.88. The fraction of sp³-hybridized carbons (Fsp3) is 0. The fourth-order valence-electron chi connectivity index (χ4n) is 0.779. The molecule has 2 aromatic heterocycles. The van der Waals surface area contributed by atoms with Crippen LogP contribution in [0.15, 0.2) is 18.6 Å². The molecule has 10 heavy (non-hydrogen) atoms. The molecule has 0 aromatic carbocycles. The standard InChI is InChI=1S/C5H5N5/c6-5-4-1-2-8-10(4)9-3-7-5/h1-3H,(H2,6,7,9). The molecule has 0 radical (unpaired) electrons. The Labute approximate surface area is 56.5 Å². The van der Waals surface area contributed by atoms with Crippen LogP contribution in [0.4, 0.5) is 5.82 Å². The highest BCUT2D eigenvalue weighted by Gasteiger charge is 1.96. The molecule has 0 fully saturated rings. The van der Waals surface area contributed by atoms with Crippen molar-refractivity contribution >= 4 is 11.3 Å². The van der Waals surface area contributed by atoms with Gasteiger partial charge in [-0.05, 0) is 6.07 Å². The first-order valence-corrected chi connectivity index (χ1v) is 2.78. The lowest BCUT2D eigenvalue weighted by atomic mass is 10.5. The van der Waals surface area contributed by atoms with Crippen LogP contribution in [0.25, 0.3) is 5.52 Å². The van der Waals surface area contributed by atoms with E-state index in [0.717, 1.165) is 5.52 Å². The molecule has 50 valence electrons. The van der Waals surface area contributed by atoms with E-state index >= 15 is 0 Å². The van der Waals surface area contributed by atoms with Crippen LogP contribution in [0.2, 0.25) is 0 Å². The van der Waals surface area contributed by atoms with E-state index < -0.39 is 0 Å². The number of aromatic nitrogens is 4. The molecular weight excluding hydrogens is 130 g/mol. The quantitative estimate of drug-likeness (QED) is 0.538. The van der Waals surface area contributed by atoms with Gasteiger partial charge in [0.25, 0.3) is 0 Å². The van der Waals surface area contributed by atoms with Crippen LogP contribution in [0, 0.1) is 0 Å². The van der Waals surface area contributed by atoms with Gasteiger partial charge in [-0.25, -0.2) is 4.98 Å². The van der Waals surface area contributed by atoms with Gasteiger partial charge in [-0.2, -0.15) is 5.10 Å². The minimum atomic E-state index is 0.451. The number of nitrogens with two attached hydrogens (primary N) is 1. The third-order valence-electron chi connectivity index (χ3n) is 1.24. The molecule has 0 saturated heterocycles. The van der Waals surface area contributed by atoms with Crippen LogP contribution in [-0.2, 0) is 0 Å². The number of nitrogens with zero attached hydrogens (tertiary/aromatic N) is 4. The average Bonchev–Trinajstić information content (AvgIpc) is 2.36. The molecule has 0 unspecified atom stereocenters. The van der Waals surface area contributed by atoms with Crippen molar-refractivity contribution in [3.8, 4) is 0 Å². The summed E-state index contributed by atoms with van der Waals surface area (Å²) in [5.41, 5.74) is 6.23. The highest BCUT2D eigenvalue weighted by molar-refractivity contribution is 5.62. The molecule has 2 heterocycles. The van der Waals surface area contributed by atoms with Crippen molar-refractivity contribution in [3.05, 3.63) is 18.6 Å². The van der Waals surface area contributed by atoms with Crippen molar-refractivity contribution in [1.82, 2.24) is 19.8 Å². The molecule has 0 spiro atoms. The predicted octanol–water partition coefficient (Wildman–Crippen LogP) is -0.294. The SMILES string of the molecule is Nc1ncnn2nccc12. The van der Waals surface area contributed by atoms with Gasteiger partial charge in [-0.3, -0.25) is 0 Å². The smallest absolute Gasteiger partial charge is 0.153 e. The molecule has 2 N–H and O–H groups in total. The van der Waals surface area contributed by atoms with E-state index in [-0.39, 0.29) is 0 Å². The predicted molar refractivity (Wildman–Crippen MR) is 35.2 cm³/mol. The van der Waals surface area contributed by atoms with E-state index in [4.69, 9.17) is 5.73 Å². The van der Waals surface area contributed by atoms with Gasteiger partial charge >= 0.3 is 0 Å². The molecule has 0 bridgehead atoms. The molecule has 0 amide bonds. The largest absolute Gasteiger partial charge is 0.382 e. The second kappa shape index (κ2) is 1.66. The molecule has 5 nitrogen and oxygen atoms in total. The lowest BCUT2D eigenvalue weighted by Crippen LogP contribution is -1.99. The summed E-state index contributed by atoms with van der Waals surface area (Å²) in [5, 5.41) is 7.68. The average molecular weight is 135 g/mol. The van der Waals surface area contributed by atoms with E-state index in [1.807, 2.05) is 0 Å². The van der Waals surface area contributed by atoms with Gasteiger partial charge < -0.3 is 5.73 Å². The molecule has 0 atom stereocenters. The summed E-state index contributed by atoms with van der Waals surface area (Å²) < 4.78 is 1.43. The van der Waals surface area contributed by atoms with Crippen molar-refractivity contribution in [2.75, 3.05) is 5.73 Å². The zero-order valence-corrected chi connectivity index (χ0v) is 5.10. The van der Waals surface area contributed by atoms with E-state index in [9.17, 15) is 0 Å². The van der Waals surface area contributed by atoms with Crippen molar-refractivity contribution < 1.29 is 0 Å². The highest BCUT2D eigenvalue weighted by atomic mass is 15.4. The monoisotopic (exact) mass is 135 g/mol. The van der Waals surface area contributed by atoms with E-state index in [0.29, 0.717) is 5.82 Å². The first-order valence-electron chi connectivity index (χ1n) is 2.78. The molecule has 2 rings (SSSR count). The Morgan fingerprint density at radius 2 is 2.30 bits per heavy atom. The normalized spacial score (nSPS) is 10.4. The van der Waals surface area contributed by atoms with Crippen LogP contribution in [0.3, 0.4) is 0 Å². The van der Waals surface area contributed by atoms with Crippen molar-refractivity contribution in [3.63, 3.8) is 0 Å². The van der Waals surface area contributed by atoms with Crippen LogP contribution in [-0.4, -0.2) is 19.8 Å². The van der Waals surface area contributed by atoms with Crippen molar-refractivity contribution in [2.24, 2.45) is 0 Å². The summed E-state index contributed by atoms with van der Waals surface area (Å²) in [5.74, 6) is 0.451. The van der Waals surface area contributed by atoms with Gasteiger partial charge in [-0.1, -0.05) is 0 Å². The second-order valence-corrected chi connectivity index (χ2v) is 1.85. The van der Waals surface area contributed by atoms with E-state index in [1.165, 1.54) is 11.0 Å². The van der Waals surface area contributed by atoms with E-state index in [1.54, 1.807) is 12.3 Å². The zero-order valence-electron chi connectivity index (χ0n) is 5.10. The van der Waals surface area contributed by atoms with Crippen LogP contribution in [0.5, 0.6) is 0 Å². The van der Waals surface area contributed by atoms with Crippen LogP contribution >= 0.6 is 0 Å². The Morgan fingerprint density at radius 3 is 3.10 bits per heavy atom. The highest BCUT2D eigenvalue weighted by Crippen LogP contribution is 2.04. The third kappa shape index (κ3) is 0.540. The number of fused-ring (bicyclic) bond motifs is 1. The fourth-order valence-corrected chi connectivity index (χ4v) is 0.779. The Balaban J connectivity index is 2.95. The number of anilines is 1. The maximum absolute atomic E-state index is 5.49. The lowest BCUT2D eigenvalue weighted by molar-refractivity contribution is 0.783. The second-order valence-electron chi connectivity index (χ2n) is 1.85. The molecule has 2 aromatic rings. The molecule has 0 saturated carbocycles. The van der Waals surface area contributed by atoms with Crippen LogP contribution < -0.4 is 5.73 Å². The van der Waals surface area contributed by atoms with E-state index in [2.05, 4.69) is 15.2 Å². The van der Waals surface area contributed by atoms with Gasteiger partial charge in [0.05, 0.1) is 6.20 Å². The van der Waals surface area contributed by atoms with Crippen molar-refractivity contribution in [2.45, 2.75) is 0 Å². The van der Waals surface area contributed by atoms with Crippen LogP contribution in [0.1, 0.15) is 0 Å². The minimum Gasteiger partial charge on any atom is -0.382 e. The number of hydrogen-bond acceptors (Lipinski definition) is 4. The van der Waals surface area contributed by atoms with Crippen molar-refractivity contribution in [1.29, 1.82) is 0 Å². The summed E-state index contributed by atoms with van der Waals surface area (Å²) in [6.45, 7) is 0. The molecular formula is C5H5N5. The zero-order chi connectivity index (χ0) is 6.97. The first kappa shape index (κ1) is 5.16. The van der Waals surface area contributed by atoms with Gasteiger partial charge in [0.1, 0.15) is 11.8 Å². The summed E-state index contributed by atoms with van der Waals surface area (Å²) in [6, 6.07) is 1.76. The molecule has 0 aliphatic heterocycles. The Kier molecular flexibility index (Phi) is 0.858. The maximum atomic E-state index is 5.49. The van der Waals surface area contributed by atoms with Gasteiger partial charge in [0, 0.05) is 0 Å². The number of hydrogen-bond donors (Lipinski definition) is 1. The summed E-state index contributed by atoms with van der Waals surface area (Å²) in [6.07, 6.45) is 3.00. The molecule has 0 aliphatic rings. The summed E-state index contributed by atoms with van der Waals surface area (Å²) >= 11 is 0. The number of nitrogen functional groups attached to an aromatic ring is 1. The van der Waals surface area contributed by atoms with Gasteiger partial charge in [0.2, 0.25) is 0 Å². The Bertz CT molecular complexity index is 352. The Hall–Kier alpha value is -1.65. The van der Waals surface area contributed by atoms with Gasteiger partial charge in [0.15, 0.2) is 5.82 Å². The lowest BCUT2D eigenvalue weighted by Gasteiger charge is -1.91. The molecule has 0 aliphatic carbocycles. The summed E-state index contributed by atoms with van der Waals surface area (Å²) in [4.78, 5) is 3.79. The Morgan fingerprint density at radius 1 is 1.40 bits per heavy atom. The number of rotatable bonds is 0. The minimum absolute atomic E-state index is 0.451. The third-order valence-corrected chi connectivity index (χ3v) is 1.24. The van der Waals surface area contributed by atoms with Gasteiger partial charge in [-0.15, -0.1) is 9.73 Å². The topological polar surface area (TPSA) is 69.1 Å². The maximum Gasteiger partial charge on any atom is 0.153 e. The summed E-state index contributed by atoms with van der Waals surface area (Å²) in [7, 11) is 0. The molecule has 5 heteroatoms.